The summed E-state index contributed by atoms with van der Waals surface area (Å²) in [4.78, 5) is 18.9. The van der Waals surface area contributed by atoms with Gasteiger partial charge in [0.25, 0.3) is 0 Å². The molecule has 28 heavy (non-hydrogen) atoms. The van der Waals surface area contributed by atoms with E-state index in [1.54, 1.807) is 12.5 Å². The van der Waals surface area contributed by atoms with Crippen molar-refractivity contribution in [2.75, 3.05) is 6.54 Å². The smallest absolute Gasteiger partial charge is 0.219 e. The van der Waals surface area contributed by atoms with E-state index in [0.717, 1.165) is 24.3 Å². The quantitative estimate of drug-likeness (QED) is 0.662. The zero-order valence-electron chi connectivity index (χ0n) is 17.7. The topological polar surface area (TPSA) is 33.2 Å². The number of hydrogen-bond acceptors (Lipinski definition) is 2. The van der Waals surface area contributed by atoms with Gasteiger partial charge in [-0.15, -0.1) is 0 Å². The van der Waals surface area contributed by atoms with E-state index >= 15 is 0 Å². The minimum atomic E-state index is 0.288. The van der Waals surface area contributed by atoms with Crippen molar-refractivity contribution < 1.29 is 4.79 Å². The zero-order chi connectivity index (χ0) is 19.5. The van der Waals surface area contributed by atoms with Crippen LogP contribution in [0.3, 0.4) is 0 Å². The number of allylic oxidation sites excluding steroid dienone is 2. The monoisotopic (exact) mass is 378 g/mol. The lowest BCUT2D eigenvalue weighted by Gasteiger charge is -2.62. The number of rotatable bonds is 1. The van der Waals surface area contributed by atoms with Crippen molar-refractivity contribution in [3.63, 3.8) is 0 Å². The highest BCUT2D eigenvalue weighted by Crippen LogP contribution is 2.66. The summed E-state index contributed by atoms with van der Waals surface area (Å²) in [6.45, 7) is 7.80. The molecule has 3 heteroatoms. The SMILES string of the molecule is CC(=O)N1CCCC2(C)C3CCC4(C)C(c5cccnc5)=CCC4C3CCC12. The van der Waals surface area contributed by atoms with E-state index in [9.17, 15) is 4.79 Å². The molecule has 1 aromatic heterocycles. The predicted molar refractivity (Wildman–Crippen MR) is 112 cm³/mol. The summed E-state index contributed by atoms with van der Waals surface area (Å²) < 4.78 is 0. The summed E-state index contributed by atoms with van der Waals surface area (Å²) >= 11 is 0. The Morgan fingerprint density at radius 2 is 2.04 bits per heavy atom. The predicted octanol–water partition coefficient (Wildman–Crippen LogP) is 5.33. The first-order chi connectivity index (χ1) is 13.4. The van der Waals surface area contributed by atoms with Crippen molar-refractivity contribution in [1.82, 2.24) is 9.88 Å². The Labute approximate surface area is 169 Å². The van der Waals surface area contributed by atoms with E-state index in [-0.39, 0.29) is 5.91 Å². The van der Waals surface area contributed by atoms with E-state index in [1.165, 1.54) is 50.5 Å². The summed E-state index contributed by atoms with van der Waals surface area (Å²) in [5.74, 6) is 2.62. The molecular weight excluding hydrogens is 344 g/mol. The van der Waals surface area contributed by atoms with Gasteiger partial charge in [-0.05, 0) is 90.7 Å². The van der Waals surface area contributed by atoms with E-state index < -0.39 is 0 Å². The van der Waals surface area contributed by atoms with Crippen LogP contribution in [0.2, 0.25) is 0 Å². The lowest BCUT2D eigenvalue weighted by atomic mass is 9.46. The van der Waals surface area contributed by atoms with Gasteiger partial charge in [0.2, 0.25) is 5.91 Å². The lowest BCUT2D eigenvalue weighted by molar-refractivity contribution is -0.151. The van der Waals surface area contributed by atoms with E-state index in [0.29, 0.717) is 16.9 Å². The number of carbonyl (C=O) groups excluding carboxylic acids is 1. The van der Waals surface area contributed by atoms with Gasteiger partial charge in [0, 0.05) is 31.9 Å². The summed E-state index contributed by atoms with van der Waals surface area (Å²) in [5.41, 5.74) is 3.48. The third-order valence-corrected chi connectivity index (χ3v) is 9.27. The minimum Gasteiger partial charge on any atom is -0.339 e. The molecule has 0 radical (unpaired) electrons. The molecule has 6 unspecified atom stereocenters. The van der Waals surface area contributed by atoms with Gasteiger partial charge in [-0.1, -0.05) is 26.0 Å². The number of pyridine rings is 1. The molecule has 2 saturated carbocycles. The first kappa shape index (κ1) is 18.4. The van der Waals surface area contributed by atoms with Crippen LogP contribution in [0.1, 0.15) is 71.3 Å². The molecule has 3 aliphatic carbocycles. The molecule has 1 aliphatic heterocycles. The number of carbonyl (C=O) groups is 1. The molecule has 0 bridgehead atoms. The number of piperidine rings is 1. The number of aromatic nitrogens is 1. The standard InChI is InChI=1S/C25H34N2O/c1-17(28)27-15-5-12-25(3)22-11-13-24(2)20(18-6-4-14-26-16-18)8-9-21(24)19(22)7-10-23(25)27/h4,6,8,14,16,19,21-23H,5,7,9-13,15H2,1-3H3. The van der Waals surface area contributed by atoms with Gasteiger partial charge in [0.15, 0.2) is 0 Å². The van der Waals surface area contributed by atoms with Crippen LogP contribution in [-0.4, -0.2) is 28.4 Å². The molecular formula is C25H34N2O. The number of likely N-dealkylation sites (tertiary alicyclic amines) is 1. The van der Waals surface area contributed by atoms with Crippen molar-refractivity contribution in [2.45, 2.75) is 71.8 Å². The maximum absolute atomic E-state index is 12.3. The summed E-state index contributed by atoms with van der Waals surface area (Å²) in [7, 11) is 0. The van der Waals surface area contributed by atoms with Gasteiger partial charge >= 0.3 is 0 Å². The molecule has 1 amide bonds. The molecule has 0 N–H and O–H groups in total. The van der Waals surface area contributed by atoms with Gasteiger partial charge in [-0.25, -0.2) is 0 Å². The van der Waals surface area contributed by atoms with Crippen LogP contribution >= 0.6 is 0 Å². The fourth-order valence-corrected chi connectivity index (χ4v) is 8.00. The number of nitrogens with zero attached hydrogens (tertiary/aromatic N) is 2. The molecule has 0 spiro atoms. The van der Waals surface area contributed by atoms with Crippen LogP contribution in [0.5, 0.6) is 0 Å². The van der Waals surface area contributed by atoms with Crippen molar-refractivity contribution in [3.8, 4) is 0 Å². The van der Waals surface area contributed by atoms with Crippen LogP contribution in [0.4, 0.5) is 0 Å². The molecule has 4 aliphatic rings. The average Bonchev–Trinajstić information content (AvgIpc) is 3.04. The molecule has 3 fully saturated rings. The Hall–Kier alpha value is -1.64. The van der Waals surface area contributed by atoms with Crippen LogP contribution in [0, 0.1) is 28.6 Å². The Morgan fingerprint density at radius 1 is 1.18 bits per heavy atom. The molecule has 5 rings (SSSR count). The fraction of sp³-hybridized carbons (Fsp3) is 0.680. The first-order valence-electron chi connectivity index (χ1n) is 11.3. The normalized spacial score (nSPS) is 42.2. The number of hydrogen-bond donors (Lipinski definition) is 0. The summed E-state index contributed by atoms with van der Waals surface area (Å²) in [6.07, 6.45) is 15.2. The summed E-state index contributed by atoms with van der Waals surface area (Å²) in [5, 5.41) is 0. The van der Waals surface area contributed by atoms with Crippen molar-refractivity contribution >= 4 is 11.5 Å². The molecule has 1 aromatic rings. The van der Waals surface area contributed by atoms with Crippen LogP contribution in [0.15, 0.2) is 30.6 Å². The molecule has 6 atom stereocenters. The molecule has 0 aromatic carbocycles. The zero-order valence-corrected chi connectivity index (χ0v) is 17.7. The third kappa shape index (κ3) is 2.47. The highest BCUT2D eigenvalue weighted by molar-refractivity contribution is 5.74. The van der Waals surface area contributed by atoms with E-state index in [1.807, 2.05) is 6.20 Å². The second-order valence-electron chi connectivity index (χ2n) is 10.3. The summed E-state index contributed by atoms with van der Waals surface area (Å²) in [6, 6.07) is 4.78. The number of amides is 1. The van der Waals surface area contributed by atoms with Crippen molar-refractivity contribution in [2.24, 2.45) is 28.6 Å². The molecule has 2 heterocycles. The maximum atomic E-state index is 12.3. The van der Waals surface area contributed by atoms with Gasteiger partial charge < -0.3 is 4.90 Å². The highest BCUT2D eigenvalue weighted by atomic mass is 16.2. The lowest BCUT2D eigenvalue weighted by Crippen LogP contribution is -2.61. The Kier molecular flexibility index (Phi) is 4.23. The van der Waals surface area contributed by atoms with Crippen LogP contribution < -0.4 is 0 Å². The number of fused-ring (bicyclic) bond motifs is 5. The van der Waals surface area contributed by atoms with E-state index in [2.05, 4.69) is 48.1 Å². The Balaban J connectivity index is 1.45. The minimum absolute atomic E-state index is 0.288. The third-order valence-electron chi connectivity index (χ3n) is 9.27. The second kappa shape index (κ2) is 6.43. The van der Waals surface area contributed by atoms with Gasteiger partial charge in [0.1, 0.15) is 0 Å². The highest BCUT2D eigenvalue weighted by Gasteiger charge is 2.59. The van der Waals surface area contributed by atoms with Gasteiger partial charge in [-0.3, -0.25) is 9.78 Å². The maximum Gasteiger partial charge on any atom is 0.219 e. The molecule has 1 saturated heterocycles. The molecule has 150 valence electrons. The Bertz CT molecular complexity index is 802. The second-order valence-corrected chi connectivity index (χ2v) is 10.3. The fourth-order valence-electron chi connectivity index (χ4n) is 8.00. The van der Waals surface area contributed by atoms with Crippen LogP contribution in [-0.2, 0) is 4.79 Å². The van der Waals surface area contributed by atoms with Crippen molar-refractivity contribution in [3.05, 3.63) is 36.2 Å². The van der Waals surface area contributed by atoms with Crippen LogP contribution in [0.25, 0.3) is 5.57 Å². The molecule has 3 nitrogen and oxygen atoms in total. The van der Waals surface area contributed by atoms with Gasteiger partial charge in [0.05, 0.1) is 0 Å². The average molecular weight is 379 g/mol. The largest absolute Gasteiger partial charge is 0.339 e. The van der Waals surface area contributed by atoms with Gasteiger partial charge in [-0.2, -0.15) is 0 Å². The first-order valence-corrected chi connectivity index (χ1v) is 11.3. The van der Waals surface area contributed by atoms with Crippen molar-refractivity contribution in [1.29, 1.82) is 0 Å². The van der Waals surface area contributed by atoms with E-state index in [4.69, 9.17) is 0 Å². The Morgan fingerprint density at radius 3 is 2.79 bits per heavy atom.